The lowest BCUT2D eigenvalue weighted by Crippen LogP contribution is -2.59. The number of primary amides is 2. The Morgan fingerprint density at radius 2 is 1.17 bits per heavy atom. The van der Waals surface area contributed by atoms with Gasteiger partial charge in [-0.1, -0.05) is 101 Å². The second-order valence-corrected chi connectivity index (χ2v) is 17.5. The summed E-state index contributed by atoms with van der Waals surface area (Å²) in [4.78, 5) is 100. The molecular weight excluding hydrogens is 851 g/mol. The first kappa shape index (κ1) is 56.2. The normalized spacial score (nSPS) is 14.4. The van der Waals surface area contributed by atoms with Gasteiger partial charge < -0.3 is 58.2 Å². The number of rotatable bonds is 35. The molecule has 1 unspecified atom stereocenters. The van der Waals surface area contributed by atoms with Crippen molar-refractivity contribution in [1.29, 1.82) is 0 Å². The molecule has 2 aromatic rings. The molecule has 0 spiro atoms. The van der Waals surface area contributed by atoms with Gasteiger partial charge in [0.25, 0.3) is 0 Å². The van der Waals surface area contributed by atoms with E-state index in [4.69, 9.17) is 11.5 Å². The molecule has 366 valence electrons. The SMILES string of the molecule is CC(C)C[C@H](NC(=O)[C@@H](NC(=O)CCCCCCCC(CCCCCCC=O)N[C@@H](CC(N)=O)C(=O)N[C@@H](Cc1ccc(O)cc1)C(=O)O)[C@H](C)O)C(=O)N[C@@H](Cc1ccccc1)C(N)=O. The Hall–Kier alpha value is -5.88. The highest BCUT2D eigenvalue weighted by Gasteiger charge is 2.32. The van der Waals surface area contributed by atoms with Crippen molar-refractivity contribution in [3.63, 3.8) is 0 Å². The Labute approximate surface area is 388 Å². The molecule has 0 aliphatic rings. The van der Waals surface area contributed by atoms with Crippen LogP contribution < -0.4 is 38.1 Å². The number of aromatic hydroxyl groups is 1. The third kappa shape index (κ3) is 23.3. The molecule has 18 nitrogen and oxygen atoms in total. The molecule has 0 saturated heterocycles. The van der Waals surface area contributed by atoms with Crippen LogP contribution in [-0.2, 0) is 51.2 Å². The number of nitrogens with two attached hydrogens (primary N) is 2. The largest absolute Gasteiger partial charge is 0.508 e. The quantitative estimate of drug-likeness (QED) is 0.0353. The summed E-state index contributed by atoms with van der Waals surface area (Å²) in [7, 11) is 0. The number of hydrogen-bond acceptors (Lipinski definition) is 11. The van der Waals surface area contributed by atoms with Crippen molar-refractivity contribution in [2.24, 2.45) is 17.4 Å². The number of aliphatic carboxylic acids is 1. The lowest BCUT2D eigenvalue weighted by molar-refractivity contribution is -0.142. The number of unbranched alkanes of at least 4 members (excludes halogenated alkanes) is 8. The third-order valence-electron chi connectivity index (χ3n) is 11.1. The van der Waals surface area contributed by atoms with Gasteiger partial charge >= 0.3 is 5.97 Å². The fourth-order valence-electron chi connectivity index (χ4n) is 7.50. The van der Waals surface area contributed by atoms with E-state index in [-0.39, 0.29) is 49.8 Å². The summed E-state index contributed by atoms with van der Waals surface area (Å²) in [5.74, 6) is -5.29. The molecule has 0 bridgehead atoms. The maximum absolute atomic E-state index is 13.5. The number of hydrogen-bond donors (Lipinski definition) is 10. The average Bonchev–Trinajstić information content (AvgIpc) is 3.25. The van der Waals surface area contributed by atoms with E-state index in [1.54, 1.807) is 36.4 Å². The number of nitrogens with one attached hydrogen (secondary N) is 5. The van der Waals surface area contributed by atoms with E-state index in [9.17, 15) is 53.7 Å². The number of carboxylic acids is 1. The fraction of sp³-hybridized carbons (Fsp3) is 0.583. The number of aliphatic hydroxyl groups is 1. The first-order chi connectivity index (χ1) is 31.4. The number of amides is 6. The predicted molar refractivity (Wildman–Crippen MR) is 248 cm³/mol. The number of phenols is 1. The summed E-state index contributed by atoms with van der Waals surface area (Å²) < 4.78 is 0. The highest BCUT2D eigenvalue weighted by atomic mass is 16.4. The molecule has 12 N–H and O–H groups in total. The van der Waals surface area contributed by atoms with Gasteiger partial charge in [0.2, 0.25) is 35.4 Å². The van der Waals surface area contributed by atoms with Gasteiger partial charge in [0.15, 0.2) is 0 Å². The molecule has 0 aliphatic heterocycles. The Kier molecular flexibility index (Phi) is 26.5. The second-order valence-electron chi connectivity index (χ2n) is 17.5. The van der Waals surface area contributed by atoms with E-state index in [1.165, 1.54) is 19.1 Å². The van der Waals surface area contributed by atoms with Crippen LogP contribution in [0.15, 0.2) is 54.6 Å². The number of carboxylic acid groups (broad SMARTS) is 1. The van der Waals surface area contributed by atoms with Crippen molar-refractivity contribution in [3.8, 4) is 5.75 Å². The van der Waals surface area contributed by atoms with Gasteiger partial charge in [-0.3, -0.25) is 28.8 Å². The minimum absolute atomic E-state index is 0.0129. The van der Waals surface area contributed by atoms with Crippen molar-refractivity contribution < 1.29 is 53.7 Å². The summed E-state index contributed by atoms with van der Waals surface area (Å²) >= 11 is 0. The standard InChI is InChI=1S/C48H73N7O11/c1-31(2)27-38(45(62)52-37(44(50)61)28-33-17-11-10-12-18-33)53-47(64)43(32(3)57)55-42(60)21-15-8-4-6-13-19-35(20-14-7-5-9-16-26-56)51-39(30-41(49)59)46(63)54-40(48(65)66)29-34-22-24-36(58)25-23-34/h10-12,17-18,22-26,31-32,35,37-40,43,51,57-58H,4-9,13-16,19-21,27-30H2,1-3H3,(H2,49,59)(H2,50,61)(H,52,62)(H,53,64)(H,54,63)(H,55,60)(H,65,66)/t32-,35?,37-,38-,39-,40-,43-/m0/s1. The van der Waals surface area contributed by atoms with E-state index in [0.717, 1.165) is 56.8 Å². The van der Waals surface area contributed by atoms with Crippen LogP contribution in [0.3, 0.4) is 0 Å². The summed E-state index contributed by atoms with van der Waals surface area (Å²) in [6, 6.07) is 8.89. The van der Waals surface area contributed by atoms with Crippen LogP contribution in [0.1, 0.15) is 128 Å². The molecule has 18 heteroatoms. The van der Waals surface area contributed by atoms with Gasteiger partial charge in [-0.25, -0.2) is 4.79 Å². The second kappa shape index (κ2) is 31.1. The molecule has 6 amide bonds. The number of benzene rings is 2. The summed E-state index contributed by atoms with van der Waals surface area (Å²) in [5, 5.41) is 43.6. The molecule has 0 radical (unpaired) electrons. The first-order valence-corrected chi connectivity index (χ1v) is 23.1. The molecule has 0 fully saturated rings. The van der Waals surface area contributed by atoms with Crippen LogP contribution in [0.2, 0.25) is 0 Å². The summed E-state index contributed by atoms with van der Waals surface area (Å²) in [5.41, 5.74) is 12.5. The number of aldehydes is 1. The minimum Gasteiger partial charge on any atom is -0.508 e. The molecule has 0 aromatic heterocycles. The number of carbonyl (C=O) groups excluding carboxylic acids is 7. The molecule has 7 atom stereocenters. The third-order valence-corrected chi connectivity index (χ3v) is 11.1. The highest BCUT2D eigenvalue weighted by molar-refractivity contribution is 5.94. The van der Waals surface area contributed by atoms with E-state index in [0.29, 0.717) is 37.7 Å². The van der Waals surface area contributed by atoms with Crippen LogP contribution in [0.4, 0.5) is 0 Å². The fourth-order valence-corrected chi connectivity index (χ4v) is 7.50. The maximum Gasteiger partial charge on any atom is 0.326 e. The first-order valence-electron chi connectivity index (χ1n) is 23.1. The Balaban J connectivity index is 1.96. The lowest BCUT2D eigenvalue weighted by Gasteiger charge is -2.27. The molecule has 2 aromatic carbocycles. The molecular formula is C48H73N7O11. The van der Waals surface area contributed by atoms with Crippen molar-refractivity contribution in [3.05, 3.63) is 65.7 Å². The smallest absolute Gasteiger partial charge is 0.326 e. The Morgan fingerprint density at radius 1 is 0.636 bits per heavy atom. The van der Waals surface area contributed by atoms with Gasteiger partial charge in [-0.05, 0) is 68.2 Å². The molecule has 0 aliphatic carbocycles. The van der Waals surface area contributed by atoms with Crippen molar-refractivity contribution >= 4 is 47.7 Å². The Morgan fingerprint density at radius 3 is 1.73 bits per heavy atom. The maximum atomic E-state index is 13.5. The van der Waals surface area contributed by atoms with Gasteiger partial charge in [-0.15, -0.1) is 0 Å². The Bertz CT molecular complexity index is 1830. The predicted octanol–water partition coefficient (Wildman–Crippen LogP) is 2.59. The van der Waals surface area contributed by atoms with Gasteiger partial charge in [-0.2, -0.15) is 0 Å². The van der Waals surface area contributed by atoms with Crippen molar-refractivity contribution in [2.75, 3.05) is 0 Å². The molecule has 66 heavy (non-hydrogen) atoms. The zero-order chi connectivity index (χ0) is 49.0. The van der Waals surface area contributed by atoms with E-state index in [1.807, 2.05) is 19.9 Å². The number of carbonyl (C=O) groups is 8. The van der Waals surface area contributed by atoms with Crippen molar-refractivity contribution in [2.45, 2.75) is 172 Å². The van der Waals surface area contributed by atoms with Gasteiger partial charge in [0, 0.05) is 31.7 Å². The lowest BCUT2D eigenvalue weighted by atomic mass is 9.98. The topological polar surface area (TPSA) is 309 Å². The minimum atomic E-state index is -1.35. The number of phenolic OH excluding ortho intramolecular Hbond substituents is 1. The van der Waals surface area contributed by atoms with Crippen LogP contribution >= 0.6 is 0 Å². The van der Waals surface area contributed by atoms with E-state index < -0.39 is 77.7 Å². The van der Waals surface area contributed by atoms with Crippen LogP contribution in [-0.4, -0.2) is 105 Å². The van der Waals surface area contributed by atoms with E-state index >= 15 is 0 Å². The zero-order valence-electron chi connectivity index (χ0n) is 38.7. The van der Waals surface area contributed by atoms with E-state index in [2.05, 4.69) is 26.6 Å². The average molecular weight is 924 g/mol. The summed E-state index contributed by atoms with van der Waals surface area (Å²) in [6.45, 7) is 5.08. The van der Waals surface area contributed by atoms with Crippen LogP contribution in [0.5, 0.6) is 5.75 Å². The molecule has 2 rings (SSSR count). The highest BCUT2D eigenvalue weighted by Crippen LogP contribution is 2.17. The van der Waals surface area contributed by atoms with Gasteiger partial charge in [0.05, 0.1) is 18.6 Å². The van der Waals surface area contributed by atoms with Crippen LogP contribution in [0, 0.1) is 5.92 Å². The summed E-state index contributed by atoms with van der Waals surface area (Å²) in [6.07, 6.45) is 8.11. The molecule has 0 saturated carbocycles. The van der Waals surface area contributed by atoms with Crippen molar-refractivity contribution in [1.82, 2.24) is 26.6 Å². The number of aliphatic hydroxyl groups excluding tert-OH is 1. The van der Waals surface area contributed by atoms with Crippen LogP contribution in [0.25, 0.3) is 0 Å². The zero-order valence-corrected chi connectivity index (χ0v) is 38.7. The molecule has 0 heterocycles. The monoisotopic (exact) mass is 924 g/mol. The van der Waals surface area contributed by atoms with Gasteiger partial charge in [0.1, 0.15) is 36.2 Å².